The largest absolute Gasteiger partial charge is 0.427 e. The molecule has 2 aromatic carbocycles. The Hall–Kier alpha value is -2.08. The fourth-order valence-corrected chi connectivity index (χ4v) is 2.02. The van der Waals surface area contributed by atoms with E-state index in [1.807, 2.05) is 0 Å². The lowest BCUT2D eigenvalue weighted by atomic mass is 10.1. The maximum Gasteiger partial charge on any atom is 0.311 e. The summed E-state index contributed by atoms with van der Waals surface area (Å²) in [6.07, 6.45) is -0.399. The molecule has 22 heavy (non-hydrogen) atoms. The molecule has 0 atom stereocenters. The van der Waals surface area contributed by atoms with Gasteiger partial charge in [0.1, 0.15) is 17.4 Å². The van der Waals surface area contributed by atoms with E-state index in [4.69, 9.17) is 4.74 Å². The predicted octanol–water partition coefficient (Wildman–Crippen LogP) is 4.30. The van der Waals surface area contributed by atoms with Crippen molar-refractivity contribution >= 4 is 27.7 Å². The Morgan fingerprint density at radius 2 is 1.68 bits per heavy atom. The molecular weight excluding hydrogens is 358 g/mol. The third kappa shape index (κ3) is 4.46. The van der Waals surface area contributed by atoms with Crippen molar-refractivity contribution in [1.82, 2.24) is 0 Å². The van der Waals surface area contributed by atoms with E-state index in [-0.39, 0.29) is 18.4 Å². The number of rotatable bonds is 5. The second-order valence-corrected chi connectivity index (χ2v) is 5.39. The van der Waals surface area contributed by atoms with Gasteiger partial charge in [-0.25, -0.2) is 8.78 Å². The number of carbonyl (C=O) groups excluding carboxylic acids is 2. The van der Waals surface area contributed by atoms with Gasteiger partial charge < -0.3 is 4.74 Å². The second kappa shape index (κ2) is 7.26. The van der Waals surface area contributed by atoms with Crippen molar-refractivity contribution in [3.05, 3.63) is 64.1 Å². The van der Waals surface area contributed by atoms with Gasteiger partial charge in [-0.1, -0.05) is 15.9 Å². The van der Waals surface area contributed by atoms with E-state index in [2.05, 4.69) is 15.9 Å². The Morgan fingerprint density at radius 3 is 2.32 bits per heavy atom. The molecule has 0 aliphatic rings. The first kappa shape index (κ1) is 16.3. The molecular formula is C16H11BrF2O3. The zero-order valence-corrected chi connectivity index (χ0v) is 12.9. The Labute approximate surface area is 134 Å². The SMILES string of the molecule is O=C(CCC(=O)c1ccc(F)cc1F)Oc1ccc(Br)cc1. The summed E-state index contributed by atoms with van der Waals surface area (Å²) >= 11 is 3.25. The summed E-state index contributed by atoms with van der Waals surface area (Å²) in [6.45, 7) is 0. The van der Waals surface area contributed by atoms with Crippen LogP contribution in [0.15, 0.2) is 46.9 Å². The number of ether oxygens (including phenoxy) is 1. The van der Waals surface area contributed by atoms with Crippen molar-refractivity contribution in [2.75, 3.05) is 0 Å². The second-order valence-electron chi connectivity index (χ2n) is 4.48. The van der Waals surface area contributed by atoms with Gasteiger partial charge in [-0.15, -0.1) is 0 Å². The van der Waals surface area contributed by atoms with E-state index < -0.39 is 23.4 Å². The van der Waals surface area contributed by atoms with Crippen LogP contribution in [0.3, 0.4) is 0 Å². The lowest BCUT2D eigenvalue weighted by molar-refractivity contribution is -0.134. The van der Waals surface area contributed by atoms with Crippen molar-refractivity contribution in [1.29, 1.82) is 0 Å². The molecule has 0 aliphatic carbocycles. The summed E-state index contributed by atoms with van der Waals surface area (Å²) in [4.78, 5) is 23.4. The third-order valence-electron chi connectivity index (χ3n) is 2.83. The Balaban J connectivity index is 1.90. The van der Waals surface area contributed by atoms with Crippen LogP contribution in [-0.2, 0) is 4.79 Å². The molecule has 0 radical (unpaired) electrons. The Morgan fingerprint density at radius 1 is 1.00 bits per heavy atom. The topological polar surface area (TPSA) is 43.4 Å². The molecule has 0 amide bonds. The Bertz CT molecular complexity index is 699. The summed E-state index contributed by atoms with van der Waals surface area (Å²) in [5, 5.41) is 0. The van der Waals surface area contributed by atoms with Gasteiger partial charge in [-0.3, -0.25) is 9.59 Å². The normalized spacial score (nSPS) is 10.3. The lowest BCUT2D eigenvalue weighted by Crippen LogP contribution is -2.11. The molecule has 0 aromatic heterocycles. The fourth-order valence-electron chi connectivity index (χ4n) is 1.75. The maximum absolute atomic E-state index is 13.4. The highest BCUT2D eigenvalue weighted by Gasteiger charge is 2.15. The maximum atomic E-state index is 13.4. The minimum atomic E-state index is -0.939. The van der Waals surface area contributed by atoms with Gasteiger partial charge in [0.05, 0.1) is 12.0 Å². The lowest BCUT2D eigenvalue weighted by Gasteiger charge is -2.05. The minimum absolute atomic E-state index is 0.189. The standard InChI is InChI=1S/C16H11BrF2O3/c17-10-1-4-12(5-2-10)22-16(21)8-7-15(20)13-6-3-11(18)9-14(13)19/h1-6,9H,7-8H2. The van der Waals surface area contributed by atoms with Gasteiger partial charge in [0.2, 0.25) is 0 Å². The number of esters is 1. The van der Waals surface area contributed by atoms with E-state index >= 15 is 0 Å². The molecule has 0 bridgehead atoms. The van der Waals surface area contributed by atoms with Crippen LogP contribution in [-0.4, -0.2) is 11.8 Å². The molecule has 6 heteroatoms. The van der Waals surface area contributed by atoms with Crippen LogP contribution in [0.4, 0.5) is 8.78 Å². The summed E-state index contributed by atoms with van der Waals surface area (Å²) < 4.78 is 32.1. The highest BCUT2D eigenvalue weighted by Crippen LogP contribution is 2.17. The molecule has 0 spiro atoms. The van der Waals surface area contributed by atoms with Crippen molar-refractivity contribution in [3.8, 4) is 5.75 Å². The van der Waals surface area contributed by atoms with Gasteiger partial charge in [0.15, 0.2) is 5.78 Å². The number of Topliss-reactive ketones (excluding diaryl/α,β-unsaturated/α-hetero) is 1. The molecule has 2 rings (SSSR count). The van der Waals surface area contributed by atoms with Crippen LogP contribution in [0, 0.1) is 11.6 Å². The van der Waals surface area contributed by atoms with Crippen molar-refractivity contribution in [3.63, 3.8) is 0 Å². The van der Waals surface area contributed by atoms with E-state index in [9.17, 15) is 18.4 Å². The Kier molecular flexibility index (Phi) is 5.38. The average molecular weight is 369 g/mol. The monoisotopic (exact) mass is 368 g/mol. The first-order chi connectivity index (χ1) is 10.5. The number of carbonyl (C=O) groups is 2. The van der Waals surface area contributed by atoms with Crippen molar-refractivity contribution < 1.29 is 23.1 Å². The van der Waals surface area contributed by atoms with E-state index in [0.29, 0.717) is 11.8 Å². The van der Waals surface area contributed by atoms with Crippen LogP contribution in [0.25, 0.3) is 0 Å². The number of benzene rings is 2. The highest BCUT2D eigenvalue weighted by atomic mass is 79.9. The fraction of sp³-hybridized carbons (Fsp3) is 0.125. The third-order valence-corrected chi connectivity index (χ3v) is 3.36. The number of halogens is 3. The molecule has 0 saturated carbocycles. The zero-order chi connectivity index (χ0) is 16.1. The van der Waals surface area contributed by atoms with Crippen molar-refractivity contribution in [2.45, 2.75) is 12.8 Å². The van der Waals surface area contributed by atoms with E-state index in [0.717, 1.165) is 16.6 Å². The first-order valence-corrected chi connectivity index (χ1v) is 7.19. The van der Waals surface area contributed by atoms with Gasteiger partial charge in [0, 0.05) is 17.0 Å². The average Bonchev–Trinajstić information content (AvgIpc) is 2.47. The number of ketones is 1. The molecule has 2 aromatic rings. The van der Waals surface area contributed by atoms with Crippen molar-refractivity contribution in [2.24, 2.45) is 0 Å². The van der Waals surface area contributed by atoms with Crippen LogP contribution < -0.4 is 4.74 Å². The number of hydrogen-bond donors (Lipinski definition) is 0. The summed E-state index contributed by atoms with van der Waals surface area (Å²) in [6, 6.07) is 9.31. The summed E-state index contributed by atoms with van der Waals surface area (Å²) in [5.74, 6) is -2.52. The van der Waals surface area contributed by atoms with Crippen LogP contribution >= 0.6 is 15.9 Å². The molecule has 0 saturated heterocycles. The molecule has 0 unspecified atom stereocenters. The van der Waals surface area contributed by atoms with Crippen LogP contribution in [0.2, 0.25) is 0 Å². The van der Waals surface area contributed by atoms with Crippen LogP contribution in [0.1, 0.15) is 23.2 Å². The molecule has 114 valence electrons. The molecule has 0 heterocycles. The van der Waals surface area contributed by atoms with Gasteiger partial charge >= 0.3 is 5.97 Å². The zero-order valence-electron chi connectivity index (χ0n) is 11.3. The van der Waals surface area contributed by atoms with Gasteiger partial charge in [-0.2, -0.15) is 0 Å². The van der Waals surface area contributed by atoms with Gasteiger partial charge in [-0.05, 0) is 36.4 Å². The predicted molar refractivity (Wildman–Crippen MR) is 79.7 cm³/mol. The molecule has 0 aliphatic heterocycles. The summed E-state index contributed by atoms with van der Waals surface area (Å²) in [5.41, 5.74) is -0.238. The van der Waals surface area contributed by atoms with E-state index in [1.165, 1.54) is 0 Å². The first-order valence-electron chi connectivity index (χ1n) is 6.40. The molecule has 0 fully saturated rings. The smallest absolute Gasteiger partial charge is 0.311 e. The van der Waals surface area contributed by atoms with E-state index in [1.54, 1.807) is 24.3 Å². The number of hydrogen-bond acceptors (Lipinski definition) is 3. The highest BCUT2D eigenvalue weighted by molar-refractivity contribution is 9.10. The molecule has 0 N–H and O–H groups in total. The molecule has 3 nitrogen and oxygen atoms in total. The minimum Gasteiger partial charge on any atom is -0.427 e. The van der Waals surface area contributed by atoms with Crippen LogP contribution in [0.5, 0.6) is 5.75 Å². The van der Waals surface area contributed by atoms with Gasteiger partial charge in [0.25, 0.3) is 0 Å². The summed E-state index contributed by atoms with van der Waals surface area (Å²) in [7, 11) is 0. The quantitative estimate of drug-likeness (QED) is 0.449.